The van der Waals surface area contributed by atoms with Gasteiger partial charge in [-0.05, 0) is 48.5 Å². The first-order chi connectivity index (χ1) is 14.0. The predicted molar refractivity (Wildman–Crippen MR) is 115 cm³/mol. The summed E-state index contributed by atoms with van der Waals surface area (Å²) in [5, 5.41) is 0.0984. The molecule has 0 aliphatic carbocycles. The smallest absolute Gasteiger partial charge is 0.340 e. The molecule has 0 heterocycles. The van der Waals surface area contributed by atoms with Gasteiger partial charge in [-0.3, -0.25) is 0 Å². The van der Waals surface area contributed by atoms with Gasteiger partial charge in [-0.25, -0.2) is 0 Å². The van der Waals surface area contributed by atoms with Crippen LogP contribution in [0.4, 0.5) is 0 Å². The largest absolute Gasteiger partial charge is 0.379 e. The quantitative estimate of drug-likeness (QED) is 0.374. The van der Waals surface area contributed by atoms with Crippen LogP contribution in [-0.2, 0) is 20.2 Å². The molecule has 3 aromatic rings. The van der Waals surface area contributed by atoms with E-state index in [0.717, 1.165) is 18.2 Å². The van der Waals surface area contributed by atoms with Gasteiger partial charge in [0.2, 0.25) is 0 Å². The van der Waals surface area contributed by atoms with Gasteiger partial charge in [0.25, 0.3) is 0 Å². The minimum atomic E-state index is -4.35. The lowest BCUT2D eigenvalue weighted by Crippen LogP contribution is -2.12. The SMILES string of the molecule is O=S(=O)(Oc1cccc(OS(=O)(=O)c2cc(Cl)ccc2Cl)c1)c1cc(Cl)ccc1Cl. The molecule has 0 saturated heterocycles. The third kappa shape index (κ3) is 5.32. The van der Waals surface area contributed by atoms with E-state index in [1.807, 2.05) is 0 Å². The van der Waals surface area contributed by atoms with E-state index < -0.39 is 20.2 Å². The van der Waals surface area contributed by atoms with Crippen LogP contribution in [0.2, 0.25) is 20.1 Å². The Morgan fingerprint density at radius 1 is 0.567 bits per heavy atom. The molecule has 0 aromatic heterocycles. The van der Waals surface area contributed by atoms with Crippen LogP contribution in [0.5, 0.6) is 11.5 Å². The second-order valence-electron chi connectivity index (χ2n) is 5.70. The Kier molecular flexibility index (Phi) is 6.76. The Morgan fingerprint density at radius 2 is 0.967 bits per heavy atom. The molecule has 0 bridgehead atoms. The second-order valence-corrected chi connectivity index (χ2v) is 10.4. The summed E-state index contributed by atoms with van der Waals surface area (Å²) in [5.41, 5.74) is 0. The molecule has 0 spiro atoms. The molecular formula is C18H10Cl4O6S2. The van der Waals surface area contributed by atoms with Crippen molar-refractivity contribution in [2.24, 2.45) is 0 Å². The van der Waals surface area contributed by atoms with Crippen molar-refractivity contribution in [3.63, 3.8) is 0 Å². The highest BCUT2D eigenvalue weighted by Crippen LogP contribution is 2.31. The molecule has 0 radical (unpaired) electrons. The zero-order chi connectivity index (χ0) is 22.1. The standard InChI is InChI=1S/C18H10Cl4O6S2/c19-11-4-6-15(21)17(8-11)29(23,24)27-13-2-1-3-14(10-13)28-30(25,26)18-9-12(20)5-7-16(18)22/h1-10H. The summed E-state index contributed by atoms with van der Waals surface area (Å²) in [5.74, 6) is -0.424. The lowest BCUT2D eigenvalue weighted by atomic mass is 10.3. The van der Waals surface area contributed by atoms with Gasteiger partial charge in [0, 0.05) is 16.1 Å². The molecule has 30 heavy (non-hydrogen) atoms. The van der Waals surface area contributed by atoms with Gasteiger partial charge in [-0.2, -0.15) is 16.8 Å². The van der Waals surface area contributed by atoms with E-state index in [1.165, 1.54) is 42.5 Å². The van der Waals surface area contributed by atoms with Crippen LogP contribution >= 0.6 is 46.4 Å². The zero-order valence-corrected chi connectivity index (χ0v) is 19.2. The van der Waals surface area contributed by atoms with Gasteiger partial charge in [0.05, 0.1) is 10.0 Å². The molecule has 0 fully saturated rings. The maximum absolute atomic E-state index is 12.5. The van der Waals surface area contributed by atoms with Crippen LogP contribution in [0.15, 0.2) is 70.5 Å². The fraction of sp³-hybridized carbons (Fsp3) is 0. The van der Waals surface area contributed by atoms with Crippen LogP contribution in [0.1, 0.15) is 0 Å². The highest BCUT2D eigenvalue weighted by atomic mass is 35.5. The molecule has 0 aliphatic rings. The van der Waals surface area contributed by atoms with E-state index in [0.29, 0.717) is 0 Å². The summed E-state index contributed by atoms with van der Waals surface area (Å²) in [6.07, 6.45) is 0. The average Bonchev–Trinajstić information content (AvgIpc) is 2.65. The molecular weight excluding hydrogens is 518 g/mol. The van der Waals surface area contributed by atoms with Crippen molar-refractivity contribution < 1.29 is 25.2 Å². The summed E-state index contributed by atoms with van der Waals surface area (Å²) < 4.78 is 60.1. The van der Waals surface area contributed by atoms with Crippen LogP contribution in [-0.4, -0.2) is 16.8 Å². The minimum Gasteiger partial charge on any atom is -0.379 e. The van der Waals surface area contributed by atoms with Crippen molar-refractivity contribution in [2.45, 2.75) is 9.79 Å². The van der Waals surface area contributed by atoms with Gasteiger partial charge in [0.1, 0.15) is 21.3 Å². The Morgan fingerprint density at radius 3 is 1.37 bits per heavy atom. The summed E-state index contributed by atoms with van der Waals surface area (Å²) in [7, 11) is -8.70. The Bertz CT molecular complexity index is 1230. The van der Waals surface area contributed by atoms with E-state index in [2.05, 4.69) is 0 Å². The first-order valence-corrected chi connectivity index (χ1v) is 12.2. The van der Waals surface area contributed by atoms with Crippen LogP contribution < -0.4 is 8.37 Å². The topological polar surface area (TPSA) is 86.7 Å². The second kappa shape index (κ2) is 8.82. The highest BCUT2D eigenvalue weighted by Gasteiger charge is 2.23. The molecule has 3 aromatic carbocycles. The highest BCUT2D eigenvalue weighted by molar-refractivity contribution is 7.87. The molecule has 0 saturated carbocycles. The van der Waals surface area contributed by atoms with Crippen LogP contribution in [0.25, 0.3) is 0 Å². The third-order valence-electron chi connectivity index (χ3n) is 3.54. The maximum Gasteiger partial charge on any atom is 0.340 e. The van der Waals surface area contributed by atoms with Crippen molar-refractivity contribution in [1.82, 2.24) is 0 Å². The van der Waals surface area contributed by atoms with Crippen molar-refractivity contribution in [2.75, 3.05) is 0 Å². The lowest BCUT2D eigenvalue weighted by Gasteiger charge is -2.11. The Hall–Kier alpha value is -1.68. The first kappa shape index (κ1) is 23.0. The molecule has 0 N–H and O–H groups in total. The molecule has 3 rings (SSSR count). The molecule has 0 atom stereocenters. The monoisotopic (exact) mass is 526 g/mol. The predicted octanol–water partition coefficient (Wildman–Crippen LogP) is 5.84. The molecule has 0 amide bonds. The van der Waals surface area contributed by atoms with Crippen LogP contribution in [0.3, 0.4) is 0 Å². The number of rotatable bonds is 6. The maximum atomic E-state index is 12.5. The van der Waals surface area contributed by atoms with Gasteiger partial charge >= 0.3 is 20.2 Å². The number of hydrogen-bond donors (Lipinski definition) is 0. The zero-order valence-electron chi connectivity index (χ0n) is 14.6. The normalized spacial score (nSPS) is 11.9. The summed E-state index contributed by atoms with van der Waals surface area (Å²) in [4.78, 5) is -0.692. The molecule has 0 unspecified atom stereocenters. The number of benzene rings is 3. The molecule has 158 valence electrons. The fourth-order valence-electron chi connectivity index (χ4n) is 2.26. The van der Waals surface area contributed by atoms with E-state index in [-0.39, 0.29) is 41.4 Å². The number of hydrogen-bond acceptors (Lipinski definition) is 6. The Labute approximate surface area is 193 Å². The van der Waals surface area contributed by atoms with E-state index in [9.17, 15) is 16.8 Å². The van der Waals surface area contributed by atoms with E-state index in [1.54, 1.807) is 0 Å². The van der Waals surface area contributed by atoms with Crippen LogP contribution in [0, 0.1) is 0 Å². The first-order valence-electron chi connectivity index (χ1n) is 7.87. The van der Waals surface area contributed by atoms with E-state index in [4.69, 9.17) is 54.8 Å². The van der Waals surface area contributed by atoms with Crippen molar-refractivity contribution in [1.29, 1.82) is 0 Å². The third-order valence-corrected chi connectivity index (χ3v) is 7.47. The van der Waals surface area contributed by atoms with Crippen molar-refractivity contribution in [3.8, 4) is 11.5 Å². The summed E-state index contributed by atoms with van der Waals surface area (Å²) in [6.45, 7) is 0. The summed E-state index contributed by atoms with van der Waals surface area (Å²) >= 11 is 23.5. The summed E-state index contributed by atoms with van der Waals surface area (Å²) in [6, 6.07) is 12.7. The number of halogens is 4. The lowest BCUT2D eigenvalue weighted by molar-refractivity contribution is 0.476. The van der Waals surface area contributed by atoms with Crippen molar-refractivity contribution in [3.05, 3.63) is 80.8 Å². The van der Waals surface area contributed by atoms with Gasteiger partial charge in [-0.1, -0.05) is 52.5 Å². The Balaban J connectivity index is 1.90. The van der Waals surface area contributed by atoms with Gasteiger partial charge in [-0.15, -0.1) is 0 Å². The van der Waals surface area contributed by atoms with Gasteiger partial charge in [0.15, 0.2) is 0 Å². The van der Waals surface area contributed by atoms with E-state index >= 15 is 0 Å². The molecule has 12 heteroatoms. The van der Waals surface area contributed by atoms with Crippen molar-refractivity contribution >= 4 is 66.6 Å². The van der Waals surface area contributed by atoms with Gasteiger partial charge < -0.3 is 8.37 Å². The fourth-order valence-corrected chi connectivity index (χ4v) is 5.58. The minimum absolute atomic E-state index is 0.0926. The molecule has 6 nitrogen and oxygen atoms in total. The average molecular weight is 528 g/mol. The molecule has 0 aliphatic heterocycles.